The van der Waals surface area contributed by atoms with E-state index in [-0.39, 0.29) is 23.9 Å². The van der Waals surface area contributed by atoms with Crippen LogP contribution in [-0.2, 0) is 9.59 Å². The van der Waals surface area contributed by atoms with E-state index in [4.69, 9.17) is 5.11 Å². The van der Waals surface area contributed by atoms with E-state index in [1.54, 1.807) is 0 Å². The highest BCUT2D eigenvalue weighted by atomic mass is 32.2. The predicted molar refractivity (Wildman–Crippen MR) is 116 cm³/mol. The Morgan fingerprint density at radius 1 is 0.966 bits per heavy atom. The van der Waals surface area contributed by atoms with Crippen molar-refractivity contribution >= 4 is 23.5 Å². The zero-order chi connectivity index (χ0) is 20.8. The average molecular weight is 423 g/mol. The third kappa shape index (κ3) is 3.79. The molecule has 4 fully saturated rings. The maximum atomic E-state index is 13.0. The fourth-order valence-electron chi connectivity index (χ4n) is 8.20. The Labute approximate surface area is 179 Å². The Balaban J connectivity index is 1.43. The summed E-state index contributed by atoms with van der Waals surface area (Å²) in [6.07, 6.45) is 10.4. The van der Waals surface area contributed by atoms with Crippen molar-refractivity contribution in [3.05, 3.63) is 0 Å². The van der Waals surface area contributed by atoms with E-state index in [0.717, 1.165) is 31.1 Å². The number of hydrogen-bond acceptors (Lipinski definition) is 4. The lowest BCUT2D eigenvalue weighted by molar-refractivity contribution is -0.138. The first-order valence-electron chi connectivity index (χ1n) is 11.8. The molecule has 0 radical (unpaired) electrons. The number of hydrogen-bond donors (Lipinski definition) is 2. The van der Waals surface area contributed by atoms with Crippen LogP contribution in [0.5, 0.6) is 0 Å². The Morgan fingerprint density at radius 3 is 2.45 bits per heavy atom. The topological polar surface area (TPSA) is 74.6 Å². The summed E-state index contributed by atoms with van der Waals surface area (Å²) in [7, 11) is 0. The number of carbonyl (C=O) groups is 2. The van der Waals surface area contributed by atoms with Gasteiger partial charge in [-0.1, -0.05) is 13.8 Å². The van der Waals surface area contributed by atoms with Crippen LogP contribution in [0.15, 0.2) is 0 Å². The summed E-state index contributed by atoms with van der Waals surface area (Å²) >= 11 is 1.50. The molecular formula is C24H38O4S. The van der Waals surface area contributed by atoms with Gasteiger partial charge in [0.2, 0.25) is 0 Å². The van der Waals surface area contributed by atoms with Gasteiger partial charge >= 0.3 is 5.97 Å². The maximum absolute atomic E-state index is 13.0. The van der Waals surface area contributed by atoms with Crippen LogP contribution in [0.25, 0.3) is 0 Å². The number of aliphatic hydroxyl groups is 1. The first kappa shape index (κ1) is 21.7. The van der Waals surface area contributed by atoms with E-state index < -0.39 is 5.97 Å². The lowest BCUT2D eigenvalue weighted by atomic mass is 9.44. The van der Waals surface area contributed by atoms with Gasteiger partial charge in [-0.15, -0.1) is 0 Å². The molecule has 0 aromatic rings. The molecule has 2 N–H and O–H groups in total. The lowest BCUT2D eigenvalue weighted by Gasteiger charge is -2.60. The second kappa shape index (κ2) is 8.18. The number of aliphatic carboxylic acids is 1. The first-order chi connectivity index (χ1) is 13.8. The van der Waals surface area contributed by atoms with Gasteiger partial charge in [-0.2, -0.15) is 11.8 Å². The molecule has 0 aliphatic heterocycles. The molecule has 4 aliphatic rings. The van der Waals surface area contributed by atoms with E-state index >= 15 is 0 Å². The van der Waals surface area contributed by atoms with Crippen LogP contribution in [0.2, 0.25) is 0 Å². The Bertz CT molecular complexity index is 651. The number of carboxylic acid groups (broad SMARTS) is 1. The zero-order valence-corrected chi connectivity index (χ0v) is 18.9. The third-order valence-electron chi connectivity index (χ3n) is 9.73. The van der Waals surface area contributed by atoms with Crippen molar-refractivity contribution in [2.24, 2.45) is 40.4 Å². The van der Waals surface area contributed by atoms with Crippen molar-refractivity contribution in [1.29, 1.82) is 0 Å². The molecule has 3 unspecified atom stereocenters. The molecule has 0 heterocycles. The van der Waals surface area contributed by atoms with Crippen LogP contribution >= 0.6 is 11.8 Å². The summed E-state index contributed by atoms with van der Waals surface area (Å²) in [6, 6.07) is 0. The Hall–Kier alpha value is -0.550. The highest BCUT2D eigenvalue weighted by Crippen LogP contribution is 2.67. The second-order valence-corrected chi connectivity index (χ2v) is 12.0. The molecule has 0 aromatic carbocycles. The molecule has 4 aliphatic carbocycles. The first-order valence-corrected chi connectivity index (χ1v) is 12.9. The van der Waals surface area contributed by atoms with E-state index in [9.17, 15) is 14.7 Å². The lowest BCUT2D eigenvalue weighted by Crippen LogP contribution is -2.54. The van der Waals surface area contributed by atoms with E-state index in [1.165, 1.54) is 50.3 Å². The molecule has 5 heteroatoms. The molecule has 29 heavy (non-hydrogen) atoms. The minimum absolute atomic E-state index is 0.0920. The monoisotopic (exact) mass is 422 g/mol. The highest BCUT2D eigenvalue weighted by molar-refractivity contribution is 7.99. The Kier molecular flexibility index (Phi) is 6.11. The standard InChI is InChI=1S/C24H38O4S/c1-23-10-7-16(25)13-15(23)3-4-17-18-5-6-20(24(18,2)11-8-19(17)23)21(26)14-29-12-9-22(27)28/h15-20,25H,3-14H2,1-2H3,(H,27,28)/t15-,16+,17?,18?,19?,20+,23-,24-/m0/s1. The van der Waals surface area contributed by atoms with Crippen molar-refractivity contribution < 1.29 is 19.8 Å². The minimum atomic E-state index is -0.782. The van der Waals surface area contributed by atoms with E-state index in [1.807, 2.05) is 0 Å². The van der Waals surface area contributed by atoms with Crippen molar-refractivity contribution in [3.8, 4) is 0 Å². The second-order valence-electron chi connectivity index (χ2n) is 10.9. The van der Waals surface area contributed by atoms with Gasteiger partial charge < -0.3 is 10.2 Å². The number of Topliss-reactive ketones (excluding diaryl/α,β-unsaturated/α-hetero) is 1. The summed E-state index contributed by atoms with van der Waals surface area (Å²) in [5, 5.41) is 19.0. The van der Waals surface area contributed by atoms with Crippen molar-refractivity contribution in [2.45, 2.75) is 84.2 Å². The van der Waals surface area contributed by atoms with Gasteiger partial charge in [0.1, 0.15) is 5.78 Å². The fourth-order valence-corrected chi connectivity index (χ4v) is 9.06. The van der Waals surface area contributed by atoms with E-state index in [0.29, 0.717) is 34.5 Å². The van der Waals surface area contributed by atoms with Crippen LogP contribution in [-0.4, -0.2) is 39.6 Å². The normalized spacial score (nSPS) is 46.4. The maximum Gasteiger partial charge on any atom is 0.304 e. The van der Waals surface area contributed by atoms with E-state index in [2.05, 4.69) is 13.8 Å². The largest absolute Gasteiger partial charge is 0.481 e. The number of carboxylic acids is 1. The SMILES string of the molecule is C[C@]12CCC3C(CC[C@H]4C[C@H](O)CC[C@]34C)C1CC[C@@H]2C(=O)CSCCC(=O)O. The molecule has 0 aromatic heterocycles. The molecule has 4 rings (SSSR count). The summed E-state index contributed by atoms with van der Waals surface area (Å²) in [5.74, 6) is 3.64. The highest BCUT2D eigenvalue weighted by Gasteiger charge is 2.60. The van der Waals surface area contributed by atoms with Crippen molar-refractivity contribution in [1.82, 2.24) is 0 Å². The van der Waals surface area contributed by atoms with Crippen LogP contribution < -0.4 is 0 Å². The van der Waals surface area contributed by atoms with Crippen molar-refractivity contribution in [2.75, 3.05) is 11.5 Å². The van der Waals surface area contributed by atoms with Gasteiger partial charge in [0.15, 0.2) is 0 Å². The zero-order valence-electron chi connectivity index (χ0n) is 18.1. The summed E-state index contributed by atoms with van der Waals surface area (Å²) in [6.45, 7) is 4.91. The predicted octanol–water partition coefficient (Wildman–Crippen LogP) is 4.78. The number of carbonyl (C=O) groups excluding carboxylic acids is 1. The molecule has 0 saturated heterocycles. The van der Waals surface area contributed by atoms with Crippen LogP contribution in [0.4, 0.5) is 0 Å². The van der Waals surface area contributed by atoms with Gasteiger partial charge in [-0.3, -0.25) is 9.59 Å². The number of aliphatic hydroxyl groups excluding tert-OH is 1. The van der Waals surface area contributed by atoms with Gasteiger partial charge in [0.25, 0.3) is 0 Å². The number of fused-ring (bicyclic) bond motifs is 5. The Morgan fingerprint density at radius 2 is 1.69 bits per heavy atom. The van der Waals surface area contributed by atoms with Crippen LogP contribution in [0.3, 0.4) is 0 Å². The minimum Gasteiger partial charge on any atom is -0.481 e. The number of rotatable bonds is 6. The van der Waals surface area contributed by atoms with Crippen molar-refractivity contribution in [3.63, 3.8) is 0 Å². The molecule has 4 saturated carbocycles. The number of thioether (sulfide) groups is 1. The molecule has 164 valence electrons. The van der Waals surface area contributed by atoms with Gasteiger partial charge in [0.05, 0.1) is 18.3 Å². The molecule has 8 atom stereocenters. The summed E-state index contributed by atoms with van der Waals surface area (Å²) in [4.78, 5) is 23.7. The van der Waals surface area contributed by atoms with Gasteiger partial charge in [-0.05, 0) is 92.3 Å². The fraction of sp³-hybridized carbons (Fsp3) is 0.917. The molecule has 4 nitrogen and oxygen atoms in total. The van der Waals surface area contributed by atoms with Gasteiger partial charge in [0, 0.05) is 11.7 Å². The van der Waals surface area contributed by atoms with Crippen LogP contribution in [0.1, 0.15) is 78.1 Å². The smallest absolute Gasteiger partial charge is 0.304 e. The molecule has 0 bridgehead atoms. The summed E-state index contributed by atoms with van der Waals surface area (Å²) in [5.41, 5.74) is 0.529. The third-order valence-corrected chi connectivity index (χ3v) is 10.7. The quantitative estimate of drug-likeness (QED) is 0.602. The average Bonchev–Trinajstić information content (AvgIpc) is 3.03. The molecule has 0 amide bonds. The van der Waals surface area contributed by atoms with Gasteiger partial charge in [-0.25, -0.2) is 0 Å². The molecule has 0 spiro atoms. The van der Waals surface area contributed by atoms with Crippen LogP contribution in [0, 0.1) is 40.4 Å². The molecular weight excluding hydrogens is 384 g/mol. The number of ketones is 1. The summed E-state index contributed by atoms with van der Waals surface area (Å²) < 4.78 is 0.